The number of nitrogens with zero attached hydrogens (tertiary/aromatic N) is 1. The molecule has 1 heterocycles. The lowest BCUT2D eigenvalue weighted by molar-refractivity contribution is 0.0602. The van der Waals surface area contributed by atoms with Crippen LogP contribution >= 0.6 is 0 Å². The highest BCUT2D eigenvalue weighted by molar-refractivity contribution is 6.08. The van der Waals surface area contributed by atoms with Crippen molar-refractivity contribution >= 4 is 23.4 Å². The Balaban J connectivity index is 1.64. The Morgan fingerprint density at radius 3 is 2.59 bits per heavy atom. The van der Waals surface area contributed by atoms with Gasteiger partial charge in [0.25, 0.3) is 5.91 Å². The van der Waals surface area contributed by atoms with E-state index in [1.165, 1.54) is 25.4 Å². The number of methoxy groups -OCH3 is 1. The van der Waals surface area contributed by atoms with Crippen LogP contribution in [0.15, 0.2) is 66.9 Å². The number of carbonyl (C=O) groups excluding carboxylic acids is 2. The molecule has 7 heteroatoms. The summed E-state index contributed by atoms with van der Waals surface area (Å²) < 4.78 is 17.7. The summed E-state index contributed by atoms with van der Waals surface area (Å²) in [6, 6.07) is 16.1. The molecule has 0 aliphatic rings. The number of rotatable bonds is 7. The number of anilines is 2. The molecule has 0 saturated heterocycles. The maximum atomic E-state index is 13.0. The second kappa shape index (κ2) is 9.45. The summed E-state index contributed by atoms with van der Waals surface area (Å²) in [5, 5.41) is 5.87. The number of nitrogens with one attached hydrogen (secondary N) is 2. The summed E-state index contributed by atoms with van der Waals surface area (Å²) in [7, 11) is 1.29. The average molecular weight is 393 g/mol. The lowest BCUT2D eigenvalue weighted by Crippen LogP contribution is -2.16. The van der Waals surface area contributed by atoms with E-state index in [-0.39, 0.29) is 17.3 Å². The van der Waals surface area contributed by atoms with Crippen molar-refractivity contribution in [3.05, 3.63) is 89.4 Å². The number of esters is 1. The summed E-state index contributed by atoms with van der Waals surface area (Å²) in [5.74, 6) is -0.624. The minimum absolute atomic E-state index is 0.268. The summed E-state index contributed by atoms with van der Waals surface area (Å²) >= 11 is 0. The van der Waals surface area contributed by atoms with Gasteiger partial charge in [-0.15, -0.1) is 0 Å². The average Bonchev–Trinajstić information content (AvgIpc) is 2.75. The molecule has 29 heavy (non-hydrogen) atoms. The van der Waals surface area contributed by atoms with Crippen LogP contribution in [0.2, 0.25) is 0 Å². The van der Waals surface area contributed by atoms with E-state index in [4.69, 9.17) is 4.74 Å². The quantitative estimate of drug-likeness (QED) is 0.595. The number of amides is 1. The molecule has 0 aliphatic heterocycles. The molecule has 0 aliphatic carbocycles. The second-order valence-electron chi connectivity index (χ2n) is 6.22. The maximum absolute atomic E-state index is 13.0. The Hall–Kier alpha value is -3.74. The van der Waals surface area contributed by atoms with Crippen LogP contribution in [0, 0.1) is 5.82 Å². The molecule has 0 spiro atoms. The van der Waals surface area contributed by atoms with Crippen LogP contribution < -0.4 is 10.6 Å². The van der Waals surface area contributed by atoms with Crippen LogP contribution in [0.3, 0.4) is 0 Å². The van der Waals surface area contributed by atoms with Crippen LogP contribution in [-0.2, 0) is 11.2 Å². The summed E-state index contributed by atoms with van der Waals surface area (Å²) in [5.41, 5.74) is 2.03. The highest BCUT2D eigenvalue weighted by atomic mass is 19.1. The number of hydrogen-bond acceptors (Lipinski definition) is 5. The zero-order chi connectivity index (χ0) is 20.6. The van der Waals surface area contributed by atoms with Crippen LogP contribution in [0.25, 0.3) is 0 Å². The third kappa shape index (κ3) is 5.38. The first-order valence-electron chi connectivity index (χ1n) is 9.00. The molecule has 1 aromatic heterocycles. The number of halogens is 1. The van der Waals surface area contributed by atoms with Gasteiger partial charge in [0.1, 0.15) is 11.6 Å². The third-order valence-corrected chi connectivity index (χ3v) is 4.24. The largest absolute Gasteiger partial charge is 0.465 e. The van der Waals surface area contributed by atoms with E-state index in [2.05, 4.69) is 15.6 Å². The number of pyridine rings is 1. The lowest BCUT2D eigenvalue weighted by Gasteiger charge is -2.11. The zero-order valence-corrected chi connectivity index (χ0v) is 15.8. The Labute approximate surface area is 167 Å². The van der Waals surface area contributed by atoms with Crippen molar-refractivity contribution in [1.82, 2.24) is 4.98 Å². The monoisotopic (exact) mass is 393 g/mol. The minimum Gasteiger partial charge on any atom is -0.465 e. The van der Waals surface area contributed by atoms with Crippen LogP contribution in [-0.4, -0.2) is 30.5 Å². The Bertz CT molecular complexity index is 1010. The molecule has 2 N–H and O–H groups in total. The Morgan fingerprint density at radius 1 is 1.07 bits per heavy atom. The molecular weight excluding hydrogens is 373 g/mol. The van der Waals surface area contributed by atoms with Crippen molar-refractivity contribution < 1.29 is 18.7 Å². The summed E-state index contributed by atoms with van der Waals surface area (Å²) in [6.45, 7) is 0.578. The number of para-hydroxylation sites is 1. The van der Waals surface area contributed by atoms with Crippen LogP contribution in [0.1, 0.15) is 26.3 Å². The van der Waals surface area contributed by atoms with Crippen molar-refractivity contribution in [2.75, 3.05) is 24.3 Å². The van der Waals surface area contributed by atoms with Crippen molar-refractivity contribution in [2.24, 2.45) is 0 Å². The minimum atomic E-state index is -0.529. The molecule has 3 aromatic rings. The normalized spacial score (nSPS) is 10.3. The van der Waals surface area contributed by atoms with E-state index in [0.29, 0.717) is 30.0 Å². The predicted molar refractivity (Wildman–Crippen MR) is 109 cm³/mol. The van der Waals surface area contributed by atoms with E-state index in [0.717, 1.165) is 5.56 Å². The first kappa shape index (κ1) is 20.0. The molecule has 0 radical (unpaired) electrons. The van der Waals surface area contributed by atoms with E-state index < -0.39 is 5.97 Å². The van der Waals surface area contributed by atoms with Gasteiger partial charge in [-0.1, -0.05) is 24.3 Å². The van der Waals surface area contributed by atoms with Gasteiger partial charge in [0.2, 0.25) is 0 Å². The van der Waals surface area contributed by atoms with Crippen LogP contribution in [0.5, 0.6) is 0 Å². The van der Waals surface area contributed by atoms with Gasteiger partial charge in [0.05, 0.1) is 18.4 Å². The van der Waals surface area contributed by atoms with Crippen molar-refractivity contribution in [3.63, 3.8) is 0 Å². The highest BCUT2D eigenvalue weighted by Gasteiger charge is 2.14. The summed E-state index contributed by atoms with van der Waals surface area (Å²) in [4.78, 5) is 28.7. The lowest BCUT2D eigenvalue weighted by atomic mass is 10.1. The van der Waals surface area contributed by atoms with Gasteiger partial charge in [-0.05, 0) is 48.4 Å². The van der Waals surface area contributed by atoms with Gasteiger partial charge in [-0.3, -0.25) is 4.79 Å². The first-order valence-corrected chi connectivity index (χ1v) is 9.00. The fourth-order valence-electron chi connectivity index (χ4n) is 2.73. The van der Waals surface area contributed by atoms with E-state index in [1.807, 2.05) is 0 Å². The molecule has 148 valence electrons. The molecule has 0 atom stereocenters. The van der Waals surface area contributed by atoms with Crippen molar-refractivity contribution in [1.29, 1.82) is 0 Å². The third-order valence-electron chi connectivity index (χ3n) is 4.24. The molecule has 3 rings (SSSR count). The van der Waals surface area contributed by atoms with E-state index in [1.54, 1.807) is 48.5 Å². The SMILES string of the molecule is COC(=O)c1ccccc1NC(=O)c1ccnc(NCCc2ccc(F)cc2)c1. The zero-order valence-electron chi connectivity index (χ0n) is 15.8. The predicted octanol–water partition coefficient (Wildman–Crippen LogP) is 3.91. The number of aromatic nitrogens is 1. The Morgan fingerprint density at radius 2 is 1.83 bits per heavy atom. The maximum Gasteiger partial charge on any atom is 0.339 e. The molecule has 2 aromatic carbocycles. The van der Waals surface area contributed by atoms with Crippen LogP contribution in [0.4, 0.5) is 15.9 Å². The van der Waals surface area contributed by atoms with Crippen molar-refractivity contribution in [2.45, 2.75) is 6.42 Å². The fourth-order valence-corrected chi connectivity index (χ4v) is 2.73. The van der Waals surface area contributed by atoms with Gasteiger partial charge < -0.3 is 15.4 Å². The number of benzene rings is 2. The van der Waals surface area contributed by atoms with Gasteiger partial charge in [0, 0.05) is 18.3 Å². The number of carbonyl (C=O) groups is 2. The molecule has 0 bridgehead atoms. The highest BCUT2D eigenvalue weighted by Crippen LogP contribution is 2.18. The number of hydrogen-bond donors (Lipinski definition) is 2. The summed E-state index contributed by atoms with van der Waals surface area (Å²) in [6.07, 6.45) is 2.21. The molecule has 6 nitrogen and oxygen atoms in total. The molecule has 0 saturated carbocycles. The van der Waals surface area contributed by atoms with Gasteiger partial charge >= 0.3 is 5.97 Å². The van der Waals surface area contributed by atoms with Gasteiger partial charge in [-0.2, -0.15) is 0 Å². The molecule has 1 amide bonds. The molecule has 0 unspecified atom stereocenters. The van der Waals surface area contributed by atoms with Crippen molar-refractivity contribution in [3.8, 4) is 0 Å². The van der Waals surface area contributed by atoms with Gasteiger partial charge in [-0.25, -0.2) is 14.2 Å². The standard InChI is InChI=1S/C22H20FN3O3/c1-29-22(28)18-4-2-3-5-19(18)26-21(27)16-11-13-25-20(14-16)24-12-10-15-6-8-17(23)9-7-15/h2-9,11,13-14H,10,12H2,1H3,(H,24,25)(H,26,27). The topological polar surface area (TPSA) is 80.3 Å². The fraction of sp³-hybridized carbons (Fsp3) is 0.136. The smallest absolute Gasteiger partial charge is 0.339 e. The van der Waals surface area contributed by atoms with Gasteiger partial charge in [0.15, 0.2) is 0 Å². The number of ether oxygens (including phenoxy) is 1. The first-order chi connectivity index (χ1) is 14.1. The molecule has 0 fully saturated rings. The van der Waals surface area contributed by atoms with E-state index in [9.17, 15) is 14.0 Å². The van der Waals surface area contributed by atoms with E-state index >= 15 is 0 Å². The second-order valence-corrected chi connectivity index (χ2v) is 6.22. The molecular formula is C22H20FN3O3. The Kier molecular flexibility index (Phi) is 6.52.